The van der Waals surface area contributed by atoms with Crippen molar-refractivity contribution in [2.75, 3.05) is 27.7 Å². The van der Waals surface area contributed by atoms with Crippen LogP contribution in [0.5, 0.6) is 0 Å². The zero-order valence-corrected chi connectivity index (χ0v) is 20.0. The van der Waals surface area contributed by atoms with E-state index in [0.29, 0.717) is 0 Å². The van der Waals surface area contributed by atoms with Crippen molar-refractivity contribution in [3.63, 3.8) is 0 Å². The van der Waals surface area contributed by atoms with Crippen LogP contribution < -0.4 is 0 Å². The van der Waals surface area contributed by atoms with Crippen LogP contribution in [0.3, 0.4) is 0 Å². The van der Waals surface area contributed by atoms with Crippen LogP contribution in [0.2, 0.25) is 0 Å². The van der Waals surface area contributed by atoms with E-state index in [2.05, 4.69) is 6.92 Å². The molecule has 7 nitrogen and oxygen atoms in total. The Morgan fingerprint density at radius 2 is 1.34 bits per heavy atom. The van der Waals surface area contributed by atoms with Crippen molar-refractivity contribution in [3.8, 4) is 0 Å². The van der Waals surface area contributed by atoms with Gasteiger partial charge in [-0.15, -0.1) is 0 Å². The Morgan fingerprint density at radius 1 is 0.897 bits per heavy atom. The molecule has 0 saturated carbocycles. The summed E-state index contributed by atoms with van der Waals surface area (Å²) in [7, 11) is 1.17. The first-order chi connectivity index (χ1) is 13.6. The fraction of sp³-hybridized carbons (Fsp3) is 0.952. The van der Waals surface area contributed by atoms with Crippen LogP contribution in [-0.4, -0.2) is 54.4 Å². The molecule has 0 aromatic heterocycles. The molecule has 0 bridgehead atoms. The standard InChI is InChI=1S/C21H44NO6P/c1-5-6-7-8-9-10-11-12-13-14-15-16-19-27-29(25,26)28-20(22(2,3)4)17-18-21(23)24/h20H,5-19H2,1-4H3,(H-,23,24,25,26)/p+1/t20-/m1/s1. The summed E-state index contributed by atoms with van der Waals surface area (Å²) in [5.74, 6) is -0.961. The summed E-state index contributed by atoms with van der Waals surface area (Å²) >= 11 is 0. The minimum Gasteiger partial charge on any atom is -0.481 e. The number of nitrogens with zero attached hydrogens (tertiary/aromatic N) is 1. The fourth-order valence-electron chi connectivity index (χ4n) is 3.14. The van der Waals surface area contributed by atoms with Crippen LogP contribution in [0.1, 0.15) is 96.8 Å². The van der Waals surface area contributed by atoms with E-state index in [0.717, 1.165) is 19.3 Å². The molecule has 0 aliphatic carbocycles. The zero-order valence-electron chi connectivity index (χ0n) is 19.1. The van der Waals surface area contributed by atoms with Gasteiger partial charge in [0.25, 0.3) is 0 Å². The highest BCUT2D eigenvalue weighted by Gasteiger charge is 2.34. The van der Waals surface area contributed by atoms with Gasteiger partial charge in [-0.3, -0.25) is 9.32 Å². The quantitative estimate of drug-likeness (QED) is 0.109. The lowest BCUT2D eigenvalue weighted by atomic mass is 10.1. The maximum Gasteiger partial charge on any atom is 0.476 e. The first-order valence-corrected chi connectivity index (χ1v) is 12.8. The fourth-order valence-corrected chi connectivity index (χ4v) is 4.25. The monoisotopic (exact) mass is 438 g/mol. The van der Waals surface area contributed by atoms with Crippen LogP contribution in [-0.2, 0) is 18.4 Å². The van der Waals surface area contributed by atoms with Gasteiger partial charge in [0.05, 0.1) is 34.2 Å². The summed E-state index contributed by atoms with van der Waals surface area (Å²) in [6.45, 7) is 2.41. The number of carbonyl (C=O) groups is 1. The molecule has 1 unspecified atom stereocenters. The summed E-state index contributed by atoms with van der Waals surface area (Å²) in [6, 6.07) is 0. The van der Waals surface area contributed by atoms with Crippen molar-refractivity contribution in [3.05, 3.63) is 0 Å². The molecule has 0 radical (unpaired) electrons. The van der Waals surface area contributed by atoms with E-state index in [-0.39, 0.29) is 23.9 Å². The van der Waals surface area contributed by atoms with Crippen molar-refractivity contribution >= 4 is 13.8 Å². The third-order valence-electron chi connectivity index (χ3n) is 4.98. The molecular formula is C21H45NO6P+. The summed E-state index contributed by atoms with van der Waals surface area (Å²) in [6.07, 6.45) is 13.9. The number of aliphatic carboxylic acids is 1. The highest BCUT2D eigenvalue weighted by Crippen LogP contribution is 2.46. The van der Waals surface area contributed by atoms with Crippen molar-refractivity contribution in [1.82, 2.24) is 0 Å². The molecule has 0 fully saturated rings. The first-order valence-electron chi connectivity index (χ1n) is 11.3. The second kappa shape index (κ2) is 16.3. The molecule has 2 N–H and O–H groups in total. The minimum absolute atomic E-state index is 0.126. The largest absolute Gasteiger partial charge is 0.481 e. The van der Waals surface area contributed by atoms with Crippen LogP contribution >= 0.6 is 7.82 Å². The SMILES string of the molecule is CCCCCCCCCCCCCCOP(=O)(O)O[C@H](CCC(=O)O)[N+](C)(C)C. The maximum absolute atomic E-state index is 12.2. The Bertz CT molecular complexity index is 467. The van der Waals surface area contributed by atoms with E-state index < -0.39 is 20.0 Å². The third-order valence-corrected chi connectivity index (χ3v) is 5.99. The smallest absolute Gasteiger partial charge is 0.476 e. The number of hydrogen-bond acceptors (Lipinski definition) is 4. The first kappa shape index (κ1) is 28.5. The van der Waals surface area contributed by atoms with Gasteiger partial charge in [0, 0.05) is 6.42 Å². The average molecular weight is 439 g/mol. The van der Waals surface area contributed by atoms with E-state index >= 15 is 0 Å². The highest BCUT2D eigenvalue weighted by atomic mass is 31.2. The number of phosphoric acid groups is 1. The minimum atomic E-state index is -4.20. The number of carboxylic acids is 1. The van der Waals surface area contributed by atoms with Gasteiger partial charge >= 0.3 is 13.8 Å². The summed E-state index contributed by atoms with van der Waals surface area (Å²) in [5.41, 5.74) is 0. The van der Waals surface area contributed by atoms with Gasteiger partial charge in [0.2, 0.25) is 6.23 Å². The summed E-state index contributed by atoms with van der Waals surface area (Å²) in [4.78, 5) is 20.7. The number of carboxylic acid groups (broad SMARTS) is 1. The lowest BCUT2D eigenvalue weighted by Crippen LogP contribution is -2.46. The Kier molecular flexibility index (Phi) is 16.0. The predicted molar refractivity (Wildman–Crippen MR) is 117 cm³/mol. The van der Waals surface area contributed by atoms with Crippen molar-refractivity contribution in [2.24, 2.45) is 0 Å². The molecular weight excluding hydrogens is 393 g/mol. The molecule has 0 aromatic carbocycles. The van der Waals surface area contributed by atoms with E-state index in [1.807, 2.05) is 0 Å². The lowest BCUT2D eigenvalue weighted by molar-refractivity contribution is -0.916. The van der Waals surface area contributed by atoms with Gasteiger partial charge in [-0.1, -0.05) is 77.6 Å². The van der Waals surface area contributed by atoms with Crippen molar-refractivity contribution < 1.29 is 32.9 Å². The Hall–Kier alpha value is -0.460. The molecule has 0 rings (SSSR count). The van der Waals surface area contributed by atoms with Gasteiger partial charge in [0.1, 0.15) is 0 Å². The number of phosphoric ester groups is 1. The Labute approximate surface area is 178 Å². The second-order valence-electron chi connectivity index (χ2n) is 8.80. The Morgan fingerprint density at radius 3 is 1.76 bits per heavy atom. The van der Waals surface area contributed by atoms with Crippen molar-refractivity contribution in [2.45, 2.75) is 103 Å². The molecule has 0 amide bonds. The van der Waals surface area contributed by atoms with E-state index in [1.165, 1.54) is 57.8 Å². The van der Waals surface area contributed by atoms with E-state index in [9.17, 15) is 14.3 Å². The van der Waals surface area contributed by atoms with Gasteiger partial charge in [-0.05, 0) is 6.42 Å². The highest BCUT2D eigenvalue weighted by molar-refractivity contribution is 7.47. The predicted octanol–water partition coefficient (Wildman–Crippen LogP) is 5.72. The normalized spacial score (nSPS) is 15.2. The molecule has 2 atom stereocenters. The molecule has 8 heteroatoms. The topological polar surface area (TPSA) is 93.1 Å². The molecule has 174 valence electrons. The maximum atomic E-state index is 12.2. The number of hydrogen-bond donors (Lipinski definition) is 2. The Balaban J connectivity index is 3.83. The van der Waals surface area contributed by atoms with Crippen LogP contribution in [0, 0.1) is 0 Å². The van der Waals surface area contributed by atoms with Gasteiger partial charge in [0.15, 0.2) is 0 Å². The van der Waals surface area contributed by atoms with Crippen LogP contribution in [0.15, 0.2) is 0 Å². The zero-order chi connectivity index (χ0) is 22.2. The molecule has 0 aliphatic rings. The van der Waals surface area contributed by atoms with Gasteiger partial charge in [-0.25, -0.2) is 9.09 Å². The second-order valence-corrected chi connectivity index (χ2v) is 10.2. The summed E-state index contributed by atoms with van der Waals surface area (Å²) in [5, 5.41) is 8.84. The van der Waals surface area contributed by atoms with E-state index in [4.69, 9.17) is 14.2 Å². The van der Waals surface area contributed by atoms with Crippen molar-refractivity contribution in [1.29, 1.82) is 0 Å². The lowest BCUT2D eigenvalue weighted by Gasteiger charge is -2.33. The molecule has 0 aliphatic heterocycles. The average Bonchev–Trinajstić information content (AvgIpc) is 2.61. The number of rotatable bonds is 20. The molecule has 0 saturated heterocycles. The number of quaternary nitrogens is 1. The van der Waals surface area contributed by atoms with Gasteiger partial charge < -0.3 is 14.5 Å². The molecule has 0 spiro atoms. The van der Waals surface area contributed by atoms with E-state index in [1.54, 1.807) is 21.1 Å². The molecule has 0 heterocycles. The third kappa shape index (κ3) is 18.1. The number of unbranched alkanes of at least 4 members (excludes halogenated alkanes) is 11. The van der Waals surface area contributed by atoms with Crippen LogP contribution in [0.25, 0.3) is 0 Å². The molecule has 0 aromatic rings. The molecule has 29 heavy (non-hydrogen) atoms. The summed E-state index contributed by atoms with van der Waals surface area (Å²) < 4.78 is 22.7. The van der Waals surface area contributed by atoms with Crippen LogP contribution in [0.4, 0.5) is 0 Å². The van der Waals surface area contributed by atoms with Gasteiger partial charge in [-0.2, -0.15) is 0 Å².